The van der Waals surface area contributed by atoms with Crippen molar-refractivity contribution in [1.82, 2.24) is 4.98 Å². The maximum atomic E-state index is 11.5. The quantitative estimate of drug-likeness (QED) is 0.790. The fraction of sp³-hybridized carbons (Fsp3) is 0.167. The summed E-state index contributed by atoms with van der Waals surface area (Å²) in [6.45, 7) is 1.86. The number of nitrogens with zero attached hydrogens (tertiary/aromatic N) is 1. The largest absolute Gasteiger partial charge is 0.465 e. The molecule has 5 heteroatoms. The first-order chi connectivity index (χ1) is 8.06. The van der Waals surface area contributed by atoms with Gasteiger partial charge in [-0.05, 0) is 24.6 Å². The molecule has 2 rings (SSSR count). The number of benzene rings is 1. The molecule has 0 aliphatic carbocycles. The van der Waals surface area contributed by atoms with E-state index >= 15 is 0 Å². The van der Waals surface area contributed by atoms with Crippen LogP contribution in [0.4, 0.5) is 5.69 Å². The van der Waals surface area contributed by atoms with Crippen molar-refractivity contribution in [2.75, 3.05) is 12.8 Å². The number of fused-ring (bicyclic) bond motifs is 1. The van der Waals surface area contributed by atoms with Crippen molar-refractivity contribution >= 4 is 34.2 Å². The molecule has 0 unspecified atom stereocenters. The van der Waals surface area contributed by atoms with Crippen molar-refractivity contribution in [2.24, 2.45) is 0 Å². The molecule has 0 saturated heterocycles. The van der Waals surface area contributed by atoms with Crippen LogP contribution in [0.25, 0.3) is 10.9 Å². The summed E-state index contributed by atoms with van der Waals surface area (Å²) in [5.74, 6) is -0.496. The van der Waals surface area contributed by atoms with E-state index in [0.29, 0.717) is 21.6 Å². The third-order valence-electron chi connectivity index (χ3n) is 2.67. The number of carbonyl (C=O) groups is 1. The van der Waals surface area contributed by atoms with E-state index in [1.165, 1.54) is 13.3 Å². The molecule has 1 aromatic heterocycles. The summed E-state index contributed by atoms with van der Waals surface area (Å²) in [4.78, 5) is 15.7. The van der Waals surface area contributed by atoms with E-state index in [1.54, 1.807) is 12.1 Å². The van der Waals surface area contributed by atoms with Crippen LogP contribution in [0.1, 0.15) is 15.9 Å². The Hall–Kier alpha value is -1.81. The van der Waals surface area contributed by atoms with Gasteiger partial charge in [-0.15, -0.1) is 0 Å². The molecule has 2 aromatic rings. The Labute approximate surface area is 103 Å². The number of nitrogens with two attached hydrogens (primary N) is 1. The summed E-state index contributed by atoms with van der Waals surface area (Å²) in [5, 5.41) is 1.32. The topological polar surface area (TPSA) is 65.2 Å². The minimum absolute atomic E-state index is 0.265. The van der Waals surface area contributed by atoms with Gasteiger partial charge in [0.15, 0.2) is 0 Å². The van der Waals surface area contributed by atoms with Crippen LogP contribution in [-0.2, 0) is 4.74 Å². The molecule has 0 spiro atoms. The zero-order chi connectivity index (χ0) is 12.6. The third-order valence-corrected chi connectivity index (χ3v) is 3.08. The van der Waals surface area contributed by atoms with Crippen LogP contribution in [0.5, 0.6) is 0 Å². The van der Waals surface area contributed by atoms with Gasteiger partial charge >= 0.3 is 5.97 Å². The molecular formula is C12H11ClN2O2. The van der Waals surface area contributed by atoms with Crippen LogP contribution < -0.4 is 5.73 Å². The van der Waals surface area contributed by atoms with Crippen LogP contribution in [0.3, 0.4) is 0 Å². The van der Waals surface area contributed by atoms with E-state index in [1.807, 2.05) is 6.92 Å². The van der Waals surface area contributed by atoms with Crippen LogP contribution in [0.2, 0.25) is 5.02 Å². The van der Waals surface area contributed by atoms with Gasteiger partial charge in [-0.1, -0.05) is 11.6 Å². The average Bonchev–Trinajstić information content (AvgIpc) is 2.33. The first kappa shape index (κ1) is 11.7. The van der Waals surface area contributed by atoms with Gasteiger partial charge in [0.2, 0.25) is 0 Å². The Morgan fingerprint density at radius 1 is 1.47 bits per heavy atom. The first-order valence-electron chi connectivity index (χ1n) is 4.98. The van der Waals surface area contributed by atoms with Crippen molar-refractivity contribution in [2.45, 2.75) is 6.92 Å². The highest BCUT2D eigenvalue weighted by Gasteiger charge is 2.15. The average molecular weight is 251 g/mol. The lowest BCUT2D eigenvalue weighted by molar-refractivity contribution is 0.0601. The van der Waals surface area contributed by atoms with Crippen molar-refractivity contribution in [3.63, 3.8) is 0 Å². The number of ether oxygens (including phenoxy) is 1. The molecule has 4 nitrogen and oxygen atoms in total. The number of nitrogen functional groups attached to an aromatic ring is 1. The van der Waals surface area contributed by atoms with E-state index < -0.39 is 5.97 Å². The van der Waals surface area contributed by atoms with Gasteiger partial charge in [0.1, 0.15) is 5.56 Å². The number of aromatic nitrogens is 1. The van der Waals surface area contributed by atoms with Crippen LogP contribution in [-0.4, -0.2) is 18.1 Å². The molecule has 1 aromatic carbocycles. The highest BCUT2D eigenvalue weighted by Crippen LogP contribution is 2.29. The van der Waals surface area contributed by atoms with Crippen molar-refractivity contribution in [1.29, 1.82) is 0 Å². The Kier molecular flexibility index (Phi) is 2.90. The van der Waals surface area contributed by atoms with E-state index in [0.717, 1.165) is 5.56 Å². The number of methoxy groups -OCH3 is 1. The third kappa shape index (κ3) is 1.80. The molecule has 0 bridgehead atoms. The smallest absolute Gasteiger partial charge is 0.341 e. The normalized spacial score (nSPS) is 10.5. The molecule has 0 aliphatic heterocycles. The number of aryl methyl sites for hydroxylation is 1. The van der Waals surface area contributed by atoms with E-state index in [9.17, 15) is 4.79 Å². The molecule has 0 radical (unpaired) electrons. The second-order valence-electron chi connectivity index (χ2n) is 3.65. The van der Waals surface area contributed by atoms with Gasteiger partial charge in [-0.3, -0.25) is 4.98 Å². The van der Waals surface area contributed by atoms with Crippen molar-refractivity contribution < 1.29 is 9.53 Å². The second kappa shape index (κ2) is 4.22. The van der Waals surface area contributed by atoms with E-state index in [2.05, 4.69) is 9.72 Å². The summed E-state index contributed by atoms with van der Waals surface area (Å²) >= 11 is 6.00. The van der Waals surface area contributed by atoms with Crippen molar-refractivity contribution in [3.05, 3.63) is 34.5 Å². The van der Waals surface area contributed by atoms with Gasteiger partial charge in [-0.25, -0.2) is 4.79 Å². The predicted octanol–water partition coefficient (Wildman–Crippen LogP) is 2.57. The Bertz CT molecular complexity index is 611. The molecule has 0 amide bonds. The lowest BCUT2D eigenvalue weighted by Crippen LogP contribution is -2.07. The fourth-order valence-electron chi connectivity index (χ4n) is 1.68. The molecule has 0 atom stereocenters. The number of halogens is 1. The minimum Gasteiger partial charge on any atom is -0.465 e. The zero-order valence-electron chi connectivity index (χ0n) is 9.45. The number of anilines is 1. The number of pyridine rings is 1. The Morgan fingerprint density at radius 3 is 2.82 bits per heavy atom. The van der Waals surface area contributed by atoms with Crippen LogP contribution in [0, 0.1) is 6.92 Å². The highest BCUT2D eigenvalue weighted by atomic mass is 35.5. The number of rotatable bonds is 1. The van der Waals surface area contributed by atoms with E-state index in [4.69, 9.17) is 17.3 Å². The number of hydrogen-bond acceptors (Lipinski definition) is 4. The predicted molar refractivity (Wildman–Crippen MR) is 67.2 cm³/mol. The summed E-state index contributed by atoms with van der Waals surface area (Å²) in [6, 6.07) is 3.48. The standard InChI is InChI=1S/C12H11ClN2O2/c1-6-9(13)4-3-7-10(14)8(12(16)17-2)5-15-11(6)7/h3-5H,1-2H3,(H2,14,15). The Balaban J connectivity index is 2.77. The second-order valence-corrected chi connectivity index (χ2v) is 4.05. The molecular weight excluding hydrogens is 240 g/mol. The number of hydrogen-bond donors (Lipinski definition) is 1. The van der Waals surface area contributed by atoms with Gasteiger partial charge in [0.05, 0.1) is 18.3 Å². The molecule has 0 saturated carbocycles. The SMILES string of the molecule is COC(=O)c1cnc2c(C)c(Cl)ccc2c1N. The molecule has 0 aliphatic rings. The van der Waals surface area contributed by atoms with Crippen molar-refractivity contribution in [3.8, 4) is 0 Å². The number of esters is 1. The Morgan fingerprint density at radius 2 is 2.18 bits per heavy atom. The molecule has 0 fully saturated rings. The highest BCUT2D eigenvalue weighted by molar-refractivity contribution is 6.32. The van der Waals surface area contributed by atoms with Gasteiger partial charge in [0, 0.05) is 16.6 Å². The maximum absolute atomic E-state index is 11.5. The lowest BCUT2D eigenvalue weighted by Gasteiger charge is -2.09. The molecule has 1 heterocycles. The molecule has 2 N–H and O–H groups in total. The summed E-state index contributed by atoms with van der Waals surface area (Å²) in [5.41, 5.74) is 8.10. The van der Waals surface area contributed by atoms with Gasteiger partial charge in [0.25, 0.3) is 0 Å². The van der Waals surface area contributed by atoms with Gasteiger partial charge in [-0.2, -0.15) is 0 Å². The van der Waals surface area contributed by atoms with E-state index in [-0.39, 0.29) is 5.56 Å². The zero-order valence-corrected chi connectivity index (χ0v) is 10.2. The number of carbonyl (C=O) groups excluding carboxylic acids is 1. The molecule has 88 valence electrons. The maximum Gasteiger partial charge on any atom is 0.341 e. The monoisotopic (exact) mass is 250 g/mol. The van der Waals surface area contributed by atoms with Gasteiger partial charge < -0.3 is 10.5 Å². The summed E-state index contributed by atoms with van der Waals surface area (Å²) in [7, 11) is 1.30. The fourth-order valence-corrected chi connectivity index (χ4v) is 1.83. The minimum atomic E-state index is -0.496. The first-order valence-corrected chi connectivity index (χ1v) is 5.35. The summed E-state index contributed by atoms with van der Waals surface area (Å²) < 4.78 is 4.63. The lowest BCUT2D eigenvalue weighted by atomic mass is 10.1. The van der Waals surface area contributed by atoms with Crippen LogP contribution in [0.15, 0.2) is 18.3 Å². The molecule has 17 heavy (non-hydrogen) atoms. The summed E-state index contributed by atoms with van der Waals surface area (Å²) in [6.07, 6.45) is 1.41. The van der Waals surface area contributed by atoms with Crippen LogP contribution >= 0.6 is 11.6 Å².